The molecular weight excluding hydrogens is 305 g/mol. The molecule has 6 heteroatoms. The van der Waals surface area contributed by atoms with Crippen molar-refractivity contribution in [2.75, 3.05) is 13.1 Å². The number of quaternary nitrogens is 1. The first-order chi connectivity index (χ1) is 10.8. The van der Waals surface area contributed by atoms with E-state index in [1.807, 2.05) is 0 Å². The molecule has 0 aliphatic heterocycles. The van der Waals surface area contributed by atoms with Crippen molar-refractivity contribution in [3.63, 3.8) is 0 Å². The van der Waals surface area contributed by atoms with Crippen molar-refractivity contribution >= 4 is 12.8 Å². The molecule has 0 saturated heterocycles. The first-order valence-electron chi connectivity index (χ1n) is 8.26. The Bertz CT molecular complexity index is 401. The molecule has 23 heavy (non-hydrogen) atoms. The lowest BCUT2D eigenvalue weighted by molar-refractivity contribution is -0.643. The Morgan fingerprint density at radius 3 is 2.04 bits per heavy atom. The second-order valence-corrected chi connectivity index (χ2v) is 5.51. The van der Waals surface area contributed by atoms with Crippen molar-refractivity contribution in [1.82, 2.24) is 0 Å². The van der Waals surface area contributed by atoms with E-state index in [-0.39, 0.29) is 0 Å². The SMILES string of the molecule is C=C(C[NH2+]CCCCCCCC)c1ccccc1.F[B-](F)(F)F. The third kappa shape index (κ3) is 16.9. The summed E-state index contributed by atoms with van der Waals surface area (Å²) >= 11 is 0. The first kappa shape index (κ1) is 21.7. The summed E-state index contributed by atoms with van der Waals surface area (Å²) in [5.41, 5.74) is 2.51. The van der Waals surface area contributed by atoms with Crippen LogP contribution in [0.2, 0.25) is 0 Å². The smallest absolute Gasteiger partial charge is 0.418 e. The summed E-state index contributed by atoms with van der Waals surface area (Å²) in [6, 6.07) is 10.5. The number of benzene rings is 1. The number of rotatable bonds is 10. The van der Waals surface area contributed by atoms with Crippen LogP contribution in [0.3, 0.4) is 0 Å². The molecule has 0 aromatic heterocycles. The Morgan fingerprint density at radius 2 is 1.48 bits per heavy atom. The molecule has 0 amide bonds. The van der Waals surface area contributed by atoms with Crippen LogP contribution in [0.5, 0.6) is 0 Å². The minimum atomic E-state index is -6.00. The van der Waals surface area contributed by atoms with Crippen LogP contribution in [0.1, 0.15) is 51.0 Å². The van der Waals surface area contributed by atoms with Crippen LogP contribution in [0.25, 0.3) is 5.57 Å². The van der Waals surface area contributed by atoms with E-state index in [9.17, 15) is 17.3 Å². The zero-order valence-electron chi connectivity index (χ0n) is 13.9. The second-order valence-electron chi connectivity index (χ2n) is 5.51. The second kappa shape index (κ2) is 13.2. The highest BCUT2D eigenvalue weighted by molar-refractivity contribution is 6.50. The van der Waals surface area contributed by atoms with Gasteiger partial charge in [-0.3, -0.25) is 0 Å². The van der Waals surface area contributed by atoms with E-state index in [2.05, 4.69) is 49.2 Å². The summed E-state index contributed by atoms with van der Waals surface area (Å²) in [5, 5.41) is 2.38. The molecule has 0 radical (unpaired) electrons. The highest BCUT2D eigenvalue weighted by Crippen LogP contribution is 2.08. The van der Waals surface area contributed by atoms with E-state index in [1.54, 1.807) is 0 Å². The maximum Gasteiger partial charge on any atom is 0.673 e. The largest absolute Gasteiger partial charge is 0.673 e. The van der Waals surface area contributed by atoms with E-state index in [0.29, 0.717) is 0 Å². The van der Waals surface area contributed by atoms with E-state index in [1.165, 1.54) is 56.2 Å². The maximum atomic E-state index is 9.75. The zero-order chi connectivity index (χ0) is 17.6. The van der Waals surface area contributed by atoms with Crippen LogP contribution in [-0.4, -0.2) is 20.3 Å². The van der Waals surface area contributed by atoms with Gasteiger partial charge in [-0.25, -0.2) is 0 Å². The predicted molar refractivity (Wildman–Crippen MR) is 90.7 cm³/mol. The Labute approximate surface area is 137 Å². The standard InChI is InChI=1S/C17H27N.BF4/c1-3-4-5-6-7-11-14-18-15-16(2)17-12-9-8-10-13-17;2-1(3,4)5/h8-10,12-13,18H,2-7,11,14-15H2,1H3;/q;-1/p+1. The number of hydrogen-bond donors (Lipinski definition) is 1. The molecule has 0 saturated carbocycles. The van der Waals surface area contributed by atoms with Gasteiger partial charge in [-0.05, 0) is 18.4 Å². The molecule has 2 N–H and O–H groups in total. The molecule has 0 heterocycles. The number of unbranched alkanes of at least 4 members (excludes halogenated alkanes) is 5. The average molecular weight is 333 g/mol. The minimum absolute atomic E-state index is 1.03. The molecule has 0 atom stereocenters. The summed E-state index contributed by atoms with van der Waals surface area (Å²) in [7, 11) is -6.00. The fourth-order valence-corrected chi connectivity index (χ4v) is 2.14. The summed E-state index contributed by atoms with van der Waals surface area (Å²) in [6.45, 7) is 8.68. The van der Waals surface area contributed by atoms with E-state index < -0.39 is 7.25 Å². The predicted octanol–water partition coefficient (Wildman–Crippen LogP) is 4.92. The molecule has 132 valence electrons. The van der Waals surface area contributed by atoms with Crippen molar-refractivity contribution in [3.05, 3.63) is 42.5 Å². The number of hydrogen-bond acceptors (Lipinski definition) is 0. The fourth-order valence-electron chi connectivity index (χ4n) is 2.14. The van der Waals surface area contributed by atoms with Gasteiger partial charge in [0.2, 0.25) is 0 Å². The van der Waals surface area contributed by atoms with Crippen LogP contribution >= 0.6 is 0 Å². The van der Waals surface area contributed by atoms with Crippen LogP contribution in [0.4, 0.5) is 17.3 Å². The van der Waals surface area contributed by atoms with Crippen molar-refractivity contribution in [2.45, 2.75) is 45.4 Å². The molecule has 1 nitrogen and oxygen atoms in total. The first-order valence-corrected chi connectivity index (χ1v) is 8.26. The Kier molecular flexibility index (Phi) is 12.4. The van der Waals surface area contributed by atoms with Gasteiger partial charge < -0.3 is 22.6 Å². The van der Waals surface area contributed by atoms with Gasteiger partial charge >= 0.3 is 7.25 Å². The molecular formula is C17H28BF4N. The van der Waals surface area contributed by atoms with Gasteiger partial charge in [0.15, 0.2) is 0 Å². The molecule has 0 spiro atoms. The van der Waals surface area contributed by atoms with Gasteiger partial charge in [0.25, 0.3) is 0 Å². The van der Waals surface area contributed by atoms with Gasteiger partial charge in [0.1, 0.15) is 6.54 Å². The lowest BCUT2D eigenvalue weighted by Gasteiger charge is -2.05. The van der Waals surface area contributed by atoms with E-state index >= 15 is 0 Å². The van der Waals surface area contributed by atoms with Crippen molar-refractivity contribution in [3.8, 4) is 0 Å². The molecule has 1 aromatic rings. The third-order valence-electron chi connectivity index (χ3n) is 3.33. The summed E-state index contributed by atoms with van der Waals surface area (Å²) in [5.74, 6) is 0. The molecule has 0 unspecified atom stereocenters. The summed E-state index contributed by atoms with van der Waals surface area (Å²) < 4.78 is 39.0. The quantitative estimate of drug-likeness (QED) is 0.355. The number of nitrogens with two attached hydrogens (primary N) is 1. The fraction of sp³-hybridized carbons (Fsp3) is 0.529. The van der Waals surface area contributed by atoms with Gasteiger partial charge in [-0.2, -0.15) is 0 Å². The highest BCUT2D eigenvalue weighted by Gasteiger charge is 2.20. The average Bonchev–Trinajstić information content (AvgIpc) is 2.49. The Morgan fingerprint density at radius 1 is 0.957 bits per heavy atom. The van der Waals surface area contributed by atoms with E-state index in [0.717, 1.165) is 6.54 Å². The minimum Gasteiger partial charge on any atom is -0.418 e. The van der Waals surface area contributed by atoms with Crippen molar-refractivity contribution in [2.24, 2.45) is 0 Å². The molecule has 1 aromatic carbocycles. The number of halogens is 4. The van der Waals surface area contributed by atoms with Crippen LogP contribution in [0, 0.1) is 0 Å². The topological polar surface area (TPSA) is 16.6 Å². The van der Waals surface area contributed by atoms with Gasteiger partial charge in [0.05, 0.1) is 6.54 Å². The normalized spacial score (nSPS) is 10.8. The molecule has 1 rings (SSSR count). The molecule has 0 aliphatic carbocycles. The lowest BCUT2D eigenvalue weighted by Crippen LogP contribution is -2.84. The van der Waals surface area contributed by atoms with Crippen LogP contribution < -0.4 is 5.32 Å². The van der Waals surface area contributed by atoms with Gasteiger partial charge in [-0.1, -0.05) is 69.5 Å². The van der Waals surface area contributed by atoms with Crippen LogP contribution in [0.15, 0.2) is 36.9 Å². The lowest BCUT2D eigenvalue weighted by atomic mass is 10.1. The Balaban J connectivity index is 0.000000841. The van der Waals surface area contributed by atoms with Gasteiger partial charge in [-0.15, -0.1) is 0 Å². The van der Waals surface area contributed by atoms with Crippen LogP contribution in [-0.2, 0) is 0 Å². The van der Waals surface area contributed by atoms with Gasteiger partial charge in [0, 0.05) is 5.57 Å². The third-order valence-corrected chi connectivity index (χ3v) is 3.33. The van der Waals surface area contributed by atoms with E-state index in [4.69, 9.17) is 0 Å². The summed E-state index contributed by atoms with van der Waals surface area (Å²) in [4.78, 5) is 0. The monoisotopic (exact) mass is 333 g/mol. The van der Waals surface area contributed by atoms with Crippen molar-refractivity contribution in [1.29, 1.82) is 0 Å². The molecule has 0 aliphatic rings. The summed E-state index contributed by atoms with van der Waals surface area (Å²) in [6.07, 6.45) is 8.27. The maximum absolute atomic E-state index is 9.75. The Hall–Kier alpha value is -1.30. The zero-order valence-corrected chi connectivity index (χ0v) is 13.9. The molecule has 0 bridgehead atoms. The molecule has 0 fully saturated rings. The van der Waals surface area contributed by atoms with Crippen molar-refractivity contribution < 1.29 is 22.6 Å². The highest BCUT2D eigenvalue weighted by atomic mass is 19.5.